The van der Waals surface area contributed by atoms with E-state index < -0.39 is 0 Å². The highest BCUT2D eigenvalue weighted by molar-refractivity contribution is 9.10. The highest BCUT2D eigenvalue weighted by atomic mass is 79.9. The average molecular weight is 307 g/mol. The van der Waals surface area contributed by atoms with Gasteiger partial charge in [-0.2, -0.15) is 0 Å². The maximum absolute atomic E-state index is 4.46. The standard InChI is InChI=1S/C15H19BrN2/c1-4-6-8-13(7-5-2)11-17-15-10-9-14(16)12(3)18-15/h4-10H,11H2,1-3H3,(H,17,18)/b6-4-,7-5-,13-8+. The molecule has 0 aliphatic carbocycles. The zero-order valence-corrected chi connectivity index (χ0v) is 12.7. The van der Waals surface area contributed by atoms with Crippen molar-refractivity contribution in [2.24, 2.45) is 0 Å². The third-order valence-corrected chi connectivity index (χ3v) is 3.22. The Balaban J connectivity index is 2.69. The summed E-state index contributed by atoms with van der Waals surface area (Å²) < 4.78 is 1.03. The van der Waals surface area contributed by atoms with E-state index in [-0.39, 0.29) is 0 Å². The predicted octanol–water partition coefficient (Wildman–Crippen LogP) is 4.64. The van der Waals surface area contributed by atoms with Gasteiger partial charge in [-0.3, -0.25) is 0 Å². The molecule has 0 aromatic carbocycles. The summed E-state index contributed by atoms with van der Waals surface area (Å²) in [5.74, 6) is 0.895. The van der Waals surface area contributed by atoms with Crippen LogP contribution in [0.4, 0.5) is 5.82 Å². The summed E-state index contributed by atoms with van der Waals surface area (Å²) >= 11 is 3.45. The number of aromatic nitrogens is 1. The number of aryl methyl sites for hydroxylation is 1. The molecule has 0 unspecified atom stereocenters. The van der Waals surface area contributed by atoms with Gasteiger partial charge in [-0.25, -0.2) is 4.98 Å². The van der Waals surface area contributed by atoms with E-state index in [0.717, 1.165) is 22.5 Å². The van der Waals surface area contributed by atoms with Crippen LogP contribution < -0.4 is 5.32 Å². The molecule has 0 bridgehead atoms. The number of nitrogens with zero attached hydrogens (tertiary/aromatic N) is 1. The highest BCUT2D eigenvalue weighted by Crippen LogP contribution is 2.16. The molecule has 0 fully saturated rings. The van der Waals surface area contributed by atoms with Crippen molar-refractivity contribution < 1.29 is 0 Å². The zero-order chi connectivity index (χ0) is 13.4. The fourth-order valence-electron chi connectivity index (χ4n) is 1.44. The third-order valence-electron chi connectivity index (χ3n) is 2.38. The monoisotopic (exact) mass is 306 g/mol. The molecular weight excluding hydrogens is 288 g/mol. The van der Waals surface area contributed by atoms with Gasteiger partial charge in [-0.05, 0) is 54.4 Å². The first kappa shape index (κ1) is 14.7. The van der Waals surface area contributed by atoms with Gasteiger partial charge in [0.05, 0.1) is 5.69 Å². The van der Waals surface area contributed by atoms with Crippen molar-refractivity contribution >= 4 is 21.7 Å². The van der Waals surface area contributed by atoms with Crippen LogP contribution in [0.5, 0.6) is 0 Å². The normalized spacial score (nSPS) is 12.6. The van der Waals surface area contributed by atoms with Gasteiger partial charge < -0.3 is 5.32 Å². The number of nitrogens with one attached hydrogen (secondary N) is 1. The quantitative estimate of drug-likeness (QED) is 0.801. The molecule has 0 aliphatic rings. The summed E-state index contributed by atoms with van der Waals surface area (Å²) in [5, 5.41) is 3.32. The van der Waals surface area contributed by atoms with Crippen molar-refractivity contribution in [1.82, 2.24) is 4.98 Å². The van der Waals surface area contributed by atoms with Crippen LogP contribution in [-0.4, -0.2) is 11.5 Å². The SMILES string of the molecule is C\C=C/C=C(\C=C/C)CNc1ccc(Br)c(C)n1. The van der Waals surface area contributed by atoms with E-state index in [2.05, 4.69) is 38.4 Å². The molecule has 2 nitrogen and oxygen atoms in total. The van der Waals surface area contributed by atoms with Crippen molar-refractivity contribution in [2.75, 3.05) is 11.9 Å². The van der Waals surface area contributed by atoms with Crippen LogP contribution >= 0.6 is 15.9 Å². The van der Waals surface area contributed by atoms with Gasteiger partial charge >= 0.3 is 0 Å². The minimum Gasteiger partial charge on any atom is -0.366 e. The van der Waals surface area contributed by atoms with Crippen LogP contribution in [0.1, 0.15) is 19.5 Å². The Bertz CT molecular complexity index is 473. The van der Waals surface area contributed by atoms with Gasteiger partial charge in [0.25, 0.3) is 0 Å². The van der Waals surface area contributed by atoms with Gasteiger partial charge in [0.2, 0.25) is 0 Å². The molecule has 1 N–H and O–H groups in total. The summed E-state index contributed by atoms with van der Waals surface area (Å²) in [7, 11) is 0. The Morgan fingerprint density at radius 1 is 1.33 bits per heavy atom. The third kappa shape index (κ3) is 4.88. The van der Waals surface area contributed by atoms with E-state index in [0.29, 0.717) is 0 Å². The number of hydrogen-bond acceptors (Lipinski definition) is 2. The zero-order valence-electron chi connectivity index (χ0n) is 11.1. The summed E-state index contributed by atoms with van der Waals surface area (Å²) in [4.78, 5) is 4.46. The molecular formula is C15H19BrN2. The summed E-state index contributed by atoms with van der Waals surface area (Å²) in [6.45, 7) is 6.78. The van der Waals surface area contributed by atoms with Crippen LogP contribution in [0.2, 0.25) is 0 Å². The molecule has 0 saturated heterocycles. The van der Waals surface area contributed by atoms with Crippen molar-refractivity contribution in [2.45, 2.75) is 20.8 Å². The minimum absolute atomic E-state index is 0.767. The van der Waals surface area contributed by atoms with Crippen molar-refractivity contribution in [1.29, 1.82) is 0 Å². The second kappa shape index (κ2) is 7.88. The molecule has 0 spiro atoms. The Kier molecular flexibility index (Phi) is 6.44. The first-order valence-corrected chi connectivity index (χ1v) is 6.78. The molecule has 1 heterocycles. The van der Waals surface area contributed by atoms with E-state index in [1.807, 2.05) is 51.1 Å². The average Bonchev–Trinajstić information content (AvgIpc) is 2.37. The second-order valence-electron chi connectivity index (χ2n) is 3.88. The molecule has 96 valence electrons. The lowest BCUT2D eigenvalue weighted by atomic mass is 10.2. The van der Waals surface area contributed by atoms with Gasteiger partial charge in [0, 0.05) is 11.0 Å². The number of anilines is 1. The number of pyridine rings is 1. The van der Waals surface area contributed by atoms with E-state index in [4.69, 9.17) is 0 Å². The van der Waals surface area contributed by atoms with E-state index in [1.165, 1.54) is 5.57 Å². The van der Waals surface area contributed by atoms with Gasteiger partial charge in [-0.1, -0.05) is 30.4 Å². The fourth-order valence-corrected chi connectivity index (χ4v) is 1.66. The first-order chi connectivity index (χ1) is 8.67. The Morgan fingerprint density at radius 2 is 2.11 bits per heavy atom. The lowest BCUT2D eigenvalue weighted by Crippen LogP contribution is -2.05. The maximum atomic E-state index is 4.46. The van der Waals surface area contributed by atoms with E-state index in [9.17, 15) is 0 Å². The lowest BCUT2D eigenvalue weighted by molar-refractivity contribution is 1.13. The molecule has 1 rings (SSSR count). The largest absolute Gasteiger partial charge is 0.366 e. The summed E-state index contributed by atoms with van der Waals surface area (Å²) in [5.41, 5.74) is 2.21. The summed E-state index contributed by atoms with van der Waals surface area (Å²) in [6.07, 6.45) is 10.3. The Morgan fingerprint density at radius 3 is 2.72 bits per heavy atom. The number of allylic oxidation sites excluding steroid dienone is 4. The molecule has 0 saturated carbocycles. The molecule has 3 heteroatoms. The first-order valence-electron chi connectivity index (χ1n) is 5.99. The van der Waals surface area contributed by atoms with Crippen molar-refractivity contribution in [3.05, 3.63) is 58.3 Å². The minimum atomic E-state index is 0.767. The molecule has 1 aromatic heterocycles. The molecule has 0 amide bonds. The second-order valence-corrected chi connectivity index (χ2v) is 4.74. The topological polar surface area (TPSA) is 24.9 Å². The van der Waals surface area contributed by atoms with Crippen LogP contribution in [0.3, 0.4) is 0 Å². The van der Waals surface area contributed by atoms with Gasteiger partial charge in [0.15, 0.2) is 0 Å². The van der Waals surface area contributed by atoms with Crippen LogP contribution in [0, 0.1) is 6.92 Å². The predicted molar refractivity (Wildman–Crippen MR) is 82.9 cm³/mol. The van der Waals surface area contributed by atoms with E-state index >= 15 is 0 Å². The maximum Gasteiger partial charge on any atom is 0.126 e. The van der Waals surface area contributed by atoms with Crippen molar-refractivity contribution in [3.63, 3.8) is 0 Å². The molecule has 0 aliphatic heterocycles. The molecule has 1 aromatic rings. The summed E-state index contributed by atoms with van der Waals surface area (Å²) in [6, 6.07) is 3.98. The highest BCUT2D eigenvalue weighted by Gasteiger charge is 1.99. The fraction of sp³-hybridized carbons (Fsp3) is 0.267. The van der Waals surface area contributed by atoms with E-state index in [1.54, 1.807) is 0 Å². The van der Waals surface area contributed by atoms with Gasteiger partial charge in [0.1, 0.15) is 5.82 Å². The number of hydrogen-bond donors (Lipinski definition) is 1. The molecule has 18 heavy (non-hydrogen) atoms. The lowest BCUT2D eigenvalue weighted by Gasteiger charge is -2.07. The molecule has 0 radical (unpaired) electrons. The smallest absolute Gasteiger partial charge is 0.126 e. The number of halogens is 1. The van der Waals surface area contributed by atoms with Crippen molar-refractivity contribution in [3.8, 4) is 0 Å². The Hall–Kier alpha value is -1.35. The molecule has 0 atom stereocenters. The van der Waals surface area contributed by atoms with Crippen LogP contribution in [0.15, 0.2) is 52.6 Å². The van der Waals surface area contributed by atoms with Crippen LogP contribution in [0.25, 0.3) is 0 Å². The van der Waals surface area contributed by atoms with Crippen LogP contribution in [-0.2, 0) is 0 Å². The van der Waals surface area contributed by atoms with Gasteiger partial charge in [-0.15, -0.1) is 0 Å². The Labute approximate surface area is 118 Å². The number of rotatable bonds is 5.